The molecule has 0 radical (unpaired) electrons. The number of nitrogens with two attached hydrogens (primary N) is 2. The highest BCUT2D eigenvalue weighted by Crippen LogP contribution is 2.04. The lowest BCUT2D eigenvalue weighted by Gasteiger charge is -2.02. The Morgan fingerprint density at radius 3 is 2.20 bits per heavy atom. The van der Waals surface area contributed by atoms with E-state index in [2.05, 4.69) is 26.2 Å². The van der Waals surface area contributed by atoms with E-state index >= 15 is 0 Å². The molecule has 0 atom stereocenters. The maximum atomic E-state index is 10.9. The molecule has 8 nitrogen and oxygen atoms in total. The van der Waals surface area contributed by atoms with Gasteiger partial charge in [0, 0.05) is 6.08 Å². The zero-order valence-corrected chi connectivity index (χ0v) is 7.89. The Bertz CT molecular complexity index is 298. The Morgan fingerprint density at radius 1 is 1.20 bits per heavy atom. The van der Waals surface area contributed by atoms with Crippen LogP contribution in [0.3, 0.4) is 0 Å². The van der Waals surface area contributed by atoms with Crippen LogP contribution in [0.4, 0.5) is 0 Å². The molecule has 0 bridgehead atoms. The van der Waals surface area contributed by atoms with Crippen LogP contribution in [0.15, 0.2) is 11.6 Å². The normalized spacial score (nSPS) is 10.5. The number of carbonyl (C=O) groups excluding carboxylic acids is 3. The molecular weight excluding hydrogens is 208 g/mol. The quantitative estimate of drug-likeness (QED) is 0.324. The van der Waals surface area contributed by atoms with Crippen molar-refractivity contribution in [3.05, 3.63) is 11.6 Å². The van der Waals surface area contributed by atoms with Crippen molar-refractivity contribution in [1.82, 2.24) is 0 Å². The van der Waals surface area contributed by atoms with Crippen molar-refractivity contribution >= 4 is 17.9 Å². The second-order valence-electron chi connectivity index (χ2n) is 2.26. The molecule has 8 heteroatoms. The summed E-state index contributed by atoms with van der Waals surface area (Å²) < 4.78 is 4.28. The highest BCUT2D eigenvalue weighted by molar-refractivity contribution is 5.99. The summed E-state index contributed by atoms with van der Waals surface area (Å²) in [6.45, 7) is 0. The van der Waals surface area contributed by atoms with Crippen LogP contribution in [0.25, 0.3) is 0 Å². The van der Waals surface area contributed by atoms with E-state index in [9.17, 15) is 14.4 Å². The smallest absolute Gasteiger partial charge is 0.353 e. The average molecular weight is 218 g/mol. The molecule has 0 aliphatic carbocycles. The molecule has 0 aliphatic heterocycles. The third-order valence-electron chi connectivity index (χ3n) is 1.34. The molecule has 0 spiro atoms. The molecule has 0 aromatic carbocycles. The van der Waals surface area contributed by atoms with Gasteiger partial charge in [-0.25, -0.2) is 9.59 Å². The molecule has 84 valence electrons. The van der Waals surface area contributed by atoms with E-state index in [0.717, 1.165) is 7.11 Å². The molecule has 0 unspecified atom stereocenters. The largest absolute Gasteiger partial charge is 0.469 e. The maximum Gasteiger partial charge on any atom is 0.353 e. The van der Waals surface area contributed by atoms with Gasteiger partial charge in [-0.1, -0.05) is 0 Å². The first-order valence-electron chi connectivity index (χ1n) is 3.64. The Labute approximate surface area is 84.7 Å². The number of rotatable bonds is 4. The summed E-state index contributed by atoms with van der Waals surface area (Å²) in [5, 5.41) is 0. The highest BCUT2D eigenvalue weighted by atomic mass is 16.7. The molecule has 0 fully saturated rings. The number of carbonyl (C=O) groups is 3. The number of esters is 1. The minimum Gasteiger partial charge on any atom is -0.469 e. The molecule has 0 aromatic rings. The predicted octanol–water partition coefficient (Wildman–Crippen LogP) is -1.69. The van der Waals surface area contributed by atoms with Gasteiger partial charge in [-0.3, -0.25) is 4.79 Å². The van der Waals surface area contributed by atoms with Crippen LogP contribution in [0.2, 0.25) is 0 Å². The molecule has 15 heavy (non-hydrogen) atoms. The molecule has 0 heterocycles. The third kappa shape index (κ3) is 4.74. The zero-order valence-electron chi connectivity index (χ0n) is 7.89. The summed E-state index contributed by atoms with van der Waals surface area (Å²) in [6, 6.07) is 0. The first kappa shape index (κ1) is 13.1. The second-order valence-corrected chi connectivity index (χ2v) is 2.26. The average Bonchev–Trinajstić information content (AvgIpc) is 2.26. The second kappa shape index (κ2) is 6.51. The highest BCUT2D eigenvalue weighted by Gasteiger charge is 2.17. The Morgan fingerprint density at radius 2 is 1.80 bits per heavy atom. The van der Waals surface area contributed by atoms with Crippen molar-refractivity contribution in [2.75, 3.05) is 7.11 Å². The van der Waals surface area contributed by atoms with Crippen LogP contribution in [0.5, 0.6) is 0 Å². The van der Waals surface area contributed by atoms with Gasteiger partial charge in [-0.05, 0) is 0 Å². The molecule has 0 amide bonds. The summed E-state index contributed by atoms with van der Waals surface area (Å²) in [5.41, 5.74) is -0.320. The van der Waals surface area contributed by atoms with Crippen molar-refractivity contribution in [3.63, 3.8) is 0 Å². The molecule has 4 N–H and O–H groups in total. The number of hydrogen-bond donors (Lipinski definition) is 2. The summed E-state index contributed by atoms with van der Waals surface area (Å²) in [4.78, 5) is 40.1. The van der Waals surface area contributed by atoms with E-state index in [0.29, 0.717) is 6.08 Å². The van der Waals surface area contributed by atoms with Crippen LogP contribution < -0.4 is 11.8 Å². The Kier molecular flexibility index (Phi) is 5.67. The summed E-state index contributed by atoms with van der Waals surface area (Å²) >= 11 is 0. The van der Waals surface area contributed by atoms with Crippen molar-refractivity contribution in [2.24, 2.45) is 11.8 Å². The molecule has 0 rings (SSSR count). The molecule has 0 aliphatic rings. The van der Waals surface area contributed by atoms with Crippen molar-refractivity contribution in [2.45, 2.75) is 6.42 Å². The lowest BCUT2D eigenvalue weighted by atomic mass is 10.2. The van der Waals surface area contributed by atoms with Crippen LogP contribution in [-0.4, -0.2) is 25.0 Å². The SMILES string of the molecule is COC(=O)C/C(=C/C(=O)ON)C(=O)ON. The lowest BCUT2D eigenvalue weighted by molar-refractivity contribution is -0.145. The van der Waals surface area contributed by atoms with Gasteiger partial charge in [0.15, 0.2) is 0 Å². The van der Waals surface area contributed by atoms with Crippen molar-refractivity contribution in [1.29, 1.82) is 0 Å². The third-order valence-corrected chi connectivity index (χ3v) is 1.34. The maximum absolute atomic E-state index is 10.9. The van der Waals surface area contributed by atoms with E-state index in [-0.39, 0.29) is 5.57 Å². The van der Waals surface area contributed by atoms with Crippen LogP contribution in [0, 0.1) is 0 Å². The fourth-order valence-electron chi connectivity index (χ4n) is 0.662. The van der Waals surface area contributed by atoms with Crippen LogP contribution >= 0.6 is 0 Å². The molecule has 0 saturated heterocycles. The standard InChI is InChI=1S/C7H10N2O6/c1-13-5(10)2-4(7(12)15-9)3-6(11)14-8/h3H,2,8-9H2,1H3/b4-3-. The zero-order chi connectivity index (χ0) is 11.8. The predicted molar refractivity (Wildman–Crippen MR) is 45.3 cm³/mol. The lowest BCUT2D eigenvalue weighted by Crippen LogP contribution is -2.18. The first-order valence-corrected chi connectivity index (χ1v) is 3.64. The van der Waals surface area contributed by atoms with Crippen LogP contribution in [0.1, 0.15) is 6.42 Å². The van der Waals surface area contributed by atoms with E-state index in [4.69, 9.17) is 0 Å². The topological polar surface area (TPSA) is 131 Å². The Balaban J connectivity index is 4.73. The van der Waals surface area contributed by atoms with Crippen LogP contribution in [-0.2, 0) is 28.8 Å². The van der Waals surface area contributed by atoms with E-state index in [1.54, 1.807) is 0 Å². The van der Waals surface area contributed by atoms with Gasteiger partial charge in [-0.15, -0.1) is 0 Å². The summed E-state index contributed by atoms with van der Waals surface area (Å²) in [5.74, 6) is 6.31. The summed E-state index contributed by atoms with van der Waals surface area (Å²) in [7, 11) is 1.12. The fraction of sp³-hybridized carbons (Fsp3) is 0.286. The number of methoxy groups -OCH3 is 1. The van der Waals surface area contributed by atoms with Gasteiger partial charge in [0.25, 0.3) is 0 Å². The molecule has 0 saturated carbocycles. The van der Waals surface area contributed by atoms with Gasteiger partial charge in [-0.2, -0.15) is 11.8 Å². The minimum absolute atomic E-state index is 0.320. The van der Waals surface area contributed by atoms with Crippen molar-refractivity contribution < 1.29 is 28.8 Å². The molecule has 0 aromatic heterocycles. The van der Waals surface area contributed by atoms with E-state index < -0.39 is 24.3 Å². The summed E-state index contributed by atoms with van der Waals surface area (Å²) in [6.07, 6.45) is 0.216. The molecular formula is C7H10N2O6. The van der Waals surface area contributed by atoms with Gasteiger partial charge < -0.3 is 14.4 Å². The van der Waals surface area contributed by atoms with Gasteiger partial charge >= 0.3 is 17.9 Å². The van der Waals surface area contributed by atoms with Crippen molar-refractivity contribution in [3.8, 4) is 0 Å². The van der Waals surface area contributed by atoms with Gasteiger partial charge in [0.05, 0.1) is 19.1 Å². The number of hydrogen-bond acceptors (Lipinski definition) is 8. The van der Waals surface area contributed by atoms with Gasteiger partial charge in [0.2, 0.25) is 0 Å². The van der Waals surface area contributed by atoms with E-state index in [1.807, 2.05) is 0 Å². The first-order chi connectivity index (χ1) is 7.04. The van der Waals surface area contributed by atoms with Gasteiger partial charge in [0.1, 0.15) is 0 Å². The fourth-order valence-corrected chi connectivity index (χ4v) is 0.662. The van der Waals surface area contributed by atoms with E-state index in [1.165, 1.54) is 0 Å². The minimum atomic E-state index is -1.05. The Hall–Kier alpha value is -1.93. The number of ether oxygens (including phenoxy) is 1. The monoisotopic (exact) mass is 218 g/mol.